The predicted octanol–water partition coefficient (Wildman–Crippen LogP) is 2.82. The molecule has 0 amide bonds. The van der Waals surface area contributed by atoms with Gasteiger partial charge in [0.05, 0.1) is 11.7 Å². The second-order valence-electron chi connectivity index (χ2n) is 5.43. The average molecular weight is 253 g/mol. The summed E-state index contributed by atoms with van der Waals surface area (Å²) in [6.45, 7) is 4.14. The molecule has 3 heteroatoms. The Morgan fingerprint density at radius 1 is 1.32 bits per heavy atom. The van der Waals surface area contributed by atoms with Crippen molar-refractivity contribution in [3.63, 3.8) is 0 Å². The minimum Gasteiger partial charge on any atom is -0.322 e. The van der Waals surface area contributed by atoms with E-state index in [1.165, 1.54) is 16.7 Å². The quantitative estimate of drug-likeness (QED) is 0.895. The summed E-state index contributed by atoms with van der Waals surface area (Å²) in [5.74, 6) is 0.296. The summed E-state index contributed by atoms with van der Waals surface area (Å²) in [4.78, 5) is 9.07. The molecule has 2 unspecified atom stereocenters. The van der Waals surface area contributed by atoms with Gasteiger partial charge in [0, 0.05) is 24.0 Å². The molecule has 2 aromatic rings. The monoisotopic (exact) mass is 253 g/mol. The van der Waals surface area contributed by atoms with Gasteiger partial charge < -0.3 is 5.73 Å². The summed E-state index contributed by atoms with van der Waals surface area (Å²) in [6.07, 6.45) is 5.91. The second-order valence-corrected chi connectivity index (χ2v) is 5.43. The van der Waals surface area contributed by atoms with Gasteiger partial charge in [0.15, 0.2) is 0 Å². The van der Waals surface area contributed by atoms with Gasteiger partial charge in [-0.2, -0.15) is 0 Å². The molecule has 0 saturated heterocycles. The van der Waals surface area contributed by atoms with E-state index in [1.807, 2.05) is 18.5 Å². The Labute approximate surface area is 113 Å². The number of aryl methyl sites for hydroxylation is 3. The Morgan fingerprint density at radius 3 is 2.95 bits per heavy atom. The van der Waals surface area contributed by atoms with Crippen molar-refractivity contribution in [1.29, 1.82) is 0 Å². The van der Waals surface area contributed by atoms with Gasteiger partial charge >= 0.3 is 0 Å². The van der Waals surface area contributed by atoms with Crippen LogP contribution in [0.2, 0.25) is 0 Å². The Bertz CT molecular complexity index is 607. The van der Waals surface area contributed by atoms with Gasteiger partial charge in [-0.1, -0.05) is 12.1 Å². The third-order valence-corrected chi connectivity index (χ3v) is 4.01. The van der Waals surface area contributed by atoms with Crippen molar-refractivity contribution in [2.24, 2.45) is 5.73 Å². The van der Waals surface area contributed by atoms with Gasteiger partial charge in [0.25, 0.3) is 0 Å². The van der Waals surface area contributed by atoms with Crippen molar-refractivity contribution >= 4 is 0 Å². The van der Waals surface area contributed by atoms with Crippen LogP contribution in [-0.2, 0) is 6.42 Å². The molecule has 0 spiro atoms. The Kier molecular flexibility index (Phi) is 3.07. The standard InChI is InChI=1S/C16H19N3/c1-10-8-11(2)15(19-9-10)14(17)13-6-5-12-4-3-7-18-16(12)13/h3-4,7-9,13-14H,5-6,17H2,1-2H3. The van der Waals surface area contributed by atoms with E-state index < -0.39 is 0 Å². The molecule has 3 nitrogen and oxygen atoms in total. The van der Waals surface area contributed by atoms with Crippen LogP contribution >= 0.6 is 0 Å². The van der Waals surface area contributed by atoms with Crippen LogP contribution in [0, 0.1) is 13.8 Å². The minimum absolute atomic E-state index is 0.0586. The number of hydrogen-bond acceptors (Lipinski definition) is 3. The third-order valence-electron chi connectivity index (χ3n) is 4.01. The number of hydrogen-bond donors (Lipinski definition) is 1. The molecule has 1 aliphatic rings. The highest BCUT2D eigenvalue weighted by atomic mass is 14.8. The molecule has 0 aromatic carbocycles. The van der Waals surface area contributed by atoms with Crippen molar-refractivity contribution in [2.75, 3.05) is 0 Å². The van der Waals surface area contributed by atoms with Crippen molar-refractivity contribution in [2.45, 2.75) is 38.6 Å². The molecule has 3 rings (SSSR count). The van der Waals surface area contributed by atoms with E-state index in [4.69, 9.17) is 5.73 Å². The summed E-state index contributed by atoms with van der Waals surface area (Å²) in [5, 5.41) is 0. The maximum Gasteiger partial charge on any atom is 0.0607 e. The topological polar surface area (TPSA) is 51.8 Å². The molecule has 0 saturated carbocycles. The summed E-state index contributed by atoms with van der Waals surface area (Å²) in [7, 11) is 0. The molecule has 0 bridgehead atoms. The van der Waals surface area contributed by atoms with E-state index in [0.29, 0.717) is 5.92 Å². The largest absolute Gasteiger partial charge is 0.322 e. The molecule has 19 heavy (non-hydrogen) atoms. The van der Waals surface area contributed by atoms with Crippen LogP contribution in [0.15, 0.2) is 30.6 Å². The molecule has 0 fully saturated rings. The van der Waals surface area contributed by atoms with Crippen molar-refractivity contribution in [3.05, 3.63) is 58.7 Å². The maximum atomic E-state index is 6.46. The molecular weight excluding hydrogens is 234 g/mol. The SMILES string of the molecule is Cc1cnc(C(N)C2CCc3cccnc32)c(C)c1. The summed E-state index contributed by atoms with van der Waals surface area (Å²) in [5.41, 5.74) is 12.3. The van der Waals surface area contributed by atoms with Gasteiger partial charge in [-0.25, -0.2) is 0 Å². The third kappa shape index (κ3) is 2.15. The molecule has 98 valence electrons. The van der Waals surface area contributed by atoms with Gasteiger partial charge in [-0.3, -0.25) is 9.97 Å². The molecule has 1 aliphatic carbocycles. The zero-order valence-electron chi connectivity index (χ0n) is 11.4. The highest BCUT2D eigenvalue weighted by Gasteiger charge is 2.31. The molecule has 2 aromatic heterocycles. The van der Waals surface area contributed by atoms with Crippen LogP contribution in [0.1, 0.15) is 46.5 Å². The van der Waals surface area contributed by atoms with Crippen LogP contribution < -0.4 is 5.73 Å². The lowest BCUT2D eigenvalue weighted by Gasteiger charge is -2.20. The molecule has 0 aliphatic heterocycles. The van der Waals surface area contributed by atoms with Crippen molar-refractivity contribution in [3.8, 4) is 0 Å². The Morgan fingerprint density at radius 2 is 2.16 bits per heavy atom. The number of nitrogens with two attached hydrogens (primary N) is 1. The lowest BCUT2D eigenvalue weighted by molar-refractivity contribution is 0.527. The van der Waals surface area contributed by atoms with Crippen LogP contribution in [0.4, 0.5) is 0 Å². The van der Waals surface area contributed by atoms with Crippen LogP contribution in [0.3, 0.4) is 0 Å². The minimum atomic E-state index is -0.0586. The van der Waals surface area contributed by atoms with E-state index in [0.717, 1.165) is 24.2 Å². The number of nitrogens with zero attached hydrogens (tertiary/aromatic N) is 2. The fourth-order valence-electron chi connectivity index (χ4n) is 3.06. The first-order valence-corrected chi connectivity index (χ1v) is 6.79. The fraction of sp³-hybridized carbons (Fsp3) is 0.375. The normalized spacial score (nSPS) is 19.2. The zero-order valence-corrected chi connectivity index (χ0v) is 11.4. The van der Waals surface area contributed by atoms with Crippen molar-refractivity contribution in [1.82, 2.24) is 9.97 Å². The number of rotatable bonds is 2. The Hall–Kier alpha value is -1.74. The molecule has 0 radical (unpaired) electrons. The van der Waals surface area contributed by atoms with E-state index in [9.17, 15) is 0 Å². The van der Waals surface area contributed by atoms with E-state index in [1.54, 1.807) is 0 Å². The van der Waals surface area contributed by atoms with Crippen LogP contribution in [0.5, 0.6) is 0 Å². The van der Waals surface area contributed by atoms with Crippen LogP contribution in [-0.4, -0.2) is 9.97 Å². The molecule has 2 N–H and O–H groups in total. The van der Waals surface area contributed by atoms with E-state index >= 15 is 0 Å². The van der Waals surface area contributed by atoms with Crippen LogP contribution in [0.25, 0.3) is 0 Å². The number of fused-ring (bicyclic) bond motifs is 1. The first-order valence-electron chi connectivity index (χ1n) is 6.79. The lowest BCUT2D eigenvalue weighted by Crippen LogP contribution is -2.21. The van der Waals surface area contributed by atoms with Gasteiger partial charge in [-0.05, 0) is 49.4 Å². The van der Waals surface area contributed by atoms with Gasteiger partial charge in [0.1, 0.15) is 0 Å². The van der Waals surface area contributed by atoms with Gasteiger partial charge in [0.2, 0.25) is 0 Å². The zero-order chi connectivity index (χ0) is 13.4. The summed E-state index contributed by atoms with van der Waals surface area (Å²) < 4.78 is 0. The average Bonchev–Trinajstić information content (AvgIpc) is 2.82. The van der Waals surface area contributed by atoms with Crippen molar-refractivity contribution < 1.29 is 0 Å². The first-order chi connectivity index (χ1) is 9.16. The predicted molar refractivity (Wildman–Crippen MR) is 75.9 cm³/mol. The number of aromatic nitrogens is 2. The van der Waals surface area contributed by atoms with E-state index in [-0.39, 0.29) is 6.04 Å². The number of pyridine rings is 2. The highest BCUT2D eigenvalue weighted by molar-refractivity contribution is 5.34. The first kappa shape index (κ1) is 12.3. The molecule has 2 heterocycles. The Balaban J connectivity index is 1.95. The maximum absolute atomic E-state index is 6.46. The van der Waals surface area contributed by atoms with E-state index in [2.05, 4.69) is 35.9 Å². The summed E-state index contributed by atoms with van der Waals surface area (Å²) in [6, 6.07) is 6.25. The molecular formula is C16H19N3. The lowest BCUT2D eigenvalue weighted by atomic mass is 9.92. The summed E-state index contributed by atoms with van der Waals surface area (Å²) >= 11 is 0. The van der Waals surface area contributed by atoms with Gasteiger partial charge in [-0.15, -0.1) is 0 Å². The smallest absolute Gasteiger partial charge is 0.0607 e. The second kappa shape index (κ2) is 4.74. The highest BCUT2D eigenvalue weighted by Crippen LogP contribution is 2.39. The molecule has 2 atom stereocenters. The fourth-order valence-corrected chi connectivity index (χ4v) is 3.06.